The van der Waals surface area contributed by atoms with Crippen molar-refractivity contribution in [3.8, 4) is 11.5 Å². The minimum absolute atomic E-state index is 0.209. The summed E-state index contributed by atoms with van der Waals surface area (Å²) in [5, 5.41) is 13.6. The van der Waals surface area contributed by atoms with Gasteiger partial charge in [0.25, 0.3) is 0 Å². The molecule has 11 heteroatoms. The highest BCUT2D eigenvalue weighted by Gasteiger charge is 2.30. The van der Waals surface area contributed by atoms with Gasteiger partial charge in [0.2, 0.25) is 0 Å². The van der Waals surface area contributed by atoms with E-state index in [9.17, 15) is 13.2 Å². The van der Waals surface area contributed by atoms with Gasteiger partial charge in [0.1, 0.15) is 5.69 Å². The van der Waals surface area contributed by atoms with E-state index < -0.39 is 11.7 Å². The van der Waals surface area contributed by atoms with E-state index in [0.29, 0.717) is 13.2 Å². The summed E-state index contributed by atoms with van der Waals surface area (Å²) in [7, 11) is 3.82. The molecule has 3 heterocycles. The highest BCUT2D eigenvalue weighted by molar-refractivity contribution is 7.99. The van der Waals surface area contributed by atoms with Crippen LogP contribution in [0.1, 0.15) is 23.7 Å². The predicted octanol–water partition coefficient (Wildman–Crippen LogP) is 3.79. The van der Waals surface area contributed by atoms with Crippen molar-refractivity contribution < 1.29 is 17.9 Å². The van der Waals surface area contributed by atoms with Crippen molar-refractivity contribution >= 4 is 11.8 Å². The third-order valence-corrected chi connectivity index (χ3v) is 6.60. The summed E-state index contributed by atoms with van der Waals surface area (Å²) in [6.07, 6.45) is -1.84. The highest BCUT2D eigenvalue weighted by atomic mass is 32.2. The van der Waals surface area contributed by atoms with Crippen LogP contribution in [0.2, 0.25) is 0 Å². The van der Waals surface area contributed by atoms with Crippen LogP contribution in [0.4, 0.5) is 13.2 Å². The zero-order valence-corrected chi connectivity index (χ0v) is 18.7. The molecular weight excluding hydrogens is 441 g/mol. The normalized spacial score (nSPS) is 17.7. The summed E-state index contributed by atoms with van der Waals surface area (Å²) in [6, 6.07) is 7.18. The molecule has 2 aromatic heterocycles. The number of rotatable bonds is 7. The van der Waals surface area contributed by atoms with Crippen molar-refractivity contribution in [2.24, 2.45) is 14.1 Å². The molecule has 1 aromatic carbocycles. The second-order valence-electron chi connectivity index (χ2n) is 7.69. The molecule has 172 valence electrons. The third-order valence-electron chi connectivity index (χ3n) is 5.50. The van der Waals surface area contributed by atoms with Crippen molar-refractivity contribution in [2.75, 3.05) is 32.0 Å². The van der Waals surface area contributed by atoms with Gasteiger partial charge in [-0.05, 0) is 36.7 Å². The average molecular weight is 467 g/mol. The van der Waals surface area contributed by atoms with Crippen LogP contribution in [0.25, 0.3) is 11.5 Å². The first-order valence-electron chi connectivity index (χ1n) is 10.3. The molecule has 0 amide bonds. The number of hydrogen-bond acceptors (Lipinski definition) is 6. The molecule has 1 aliphatic rings. The molecule has 1 fully saturated rings. The molecule has 0 bridgehead atoms. The number of aryl methyl sites for hydroxylation is 1. The molecule has 0 radical (unpaired) electrons. The van der Waals surface area contributed by atoms with Gasteiger partial charge in [0.05, 0.1) is 18.3 Å². The van der Waals surface area contributed by atoms with E-state index >= 15 is 0 Å². The molecule has 0 N–H and O–H groups in total. The van der Waals surface area contributed by atoms with Crippen LogP contribution >= 0.6 is 11.8 Å². The van der Waals surface area contributed by atoms with Gasteiger partial charge < -0.3 is 9.30 Å². The van der Waals surface area contributed by atoms with Crippen LogP contribution in [-0.2, 0) is 25.0 Å². The Balaban J connectivity index is 1.26. The average Bonchev–Trinajstić information content (AvgIpc) is 3.36. The van der Waals surface area contributed by atoms with Crippen LogP contribution in [0.15, 0.2) is 41.7 Å². The number of nitrogens with zero attached hydrogens (tertiary/aromatic N) is 6. The molecule has 1 atom stereocenters. The lowest BCUT2D eigenvalue weighted by Crippen LogP contribution is -2.39. The quantitative estimate of drug-likeness (QED) is 0.390. The fourth-order valence-electron chi connectivity index (χ4n) is 3.70. The molecule has 0 spiro atoms. The van der Waals surface area contributed by atoms with E-state index in [-0.39, 0.29) is 6.10 Å². The molecule has 7 nitrogen and oxygen atoms in total. The van der Waals surface area contributed by atoms with Gasteiger partial charge in [-0.3, -0.25) is 9.58 Å². The number of ether oxygens (including phenoxy) is 1. The molecule has 3 aromatic rings. The third kappa shape index (κ3) is 5.16. The molecule has 1 unspecified atom stereocenters. The van der Waals surface area contributed by atoms with Crippen molar-refractivity contribution in [1.29, 1.82) is 0 Å². The summed E-state index contributed by atoms with van der Waals surface area (Å²) in [5.74, 6) is 1.67. The van der Waals surface area contributed by atoms with Gasteiger partial charge in [-0.2, -0.15) is 18.3 Å². The Kier molecular flexibility index (Phi) is 6.87. The maximum Gasteiger partial charge on any atom is 0.416 e. The number of benzene rings is 1. The molecule has 4 rings (SSSR count). The summed E-state index contributed by atoms with van der Waals surface area (Å²) in [4.78, 5) is 2.30. The van der Waals surface area contributed by atoms with Crippen molar-refractivity contribution in [1.82, 2.24) is 29.4 Å². The topological polar surface area (TPSA) is 61.0 Å². The van der Waals surface area contributed by atoms with Gasteiger partial charge in [-0.25, -0.2) is 0 Å². The summed E-state index contributed by atoms with van der Waals surface area (Å²) in [6.45, 7) is 2.94. The minimum Gasteiger partial charge on any atom is -0.371 e. The van der Waals surface area contributed by atoms with E-state index in [1.54, 1.807) is 22.6 Å². The summed E-state index contributed by atoms with van der Waals surface area (Å²) < 4.78 is 47.9. The van der Waals surface area contributed by atoms with Crippen LogP contribution in [0.3, 0.4) is 0 Å². The lowest BCUT2D eigenvalue weighted by Gasteiger charge is -2.33. The van der Waals surface area contributed by atoms with Crippen LogP contribution < -0.4 is 0 Å². The van der Waals surface area contributed by atoms with Gasteiger partial charge in [0, 0.05) is 39.1 Å². The van der Waals surface area contributed by atoms with E-state index in [0.717, 1.165) is 59.6 Å². The maximum atomic E-state index is 12.8. The standard InChI is InChI=1S/C21H25F3N6OS/c1-28-19(17-8-9-25-29(17)2)26-27-20(28)32-13-3-10-30-11-12-31-18(14-30)15-4-6-16(7-5-15)21(22,23)24/h4-9,18H,3,10-14H2,1-2H3. The smallest absolute Gasteiger partial charge is 0.371 e. The predicted molar refractivity (Wildman–Crippen MR) is 115 cm³/mol. The van der Waals surface area contributed by atoms with E-state index in [1.165, 1.54) is 12.1 Å². The molecular formula is C21H25F3N6OS. The Morgan fingerprint density at radius 2 is 1.91 bits per heavy atom. The number of thioether (sulfide) groups is 1. The van der Waals surface area contributed by atoms with Crippen molar-refractivity contribution in [3.05, 3.63) is 47.7 Å². The lowest BCUT2D eigenvalue weighted by molar-refractivity contribution is -0.137. The SMILES string of the molecule is Cn1nccc1-c1nnc(SCCCN2CCOC(c3ccc(C(F)(F)F)cc3)C2)n1C. The number of morpholine rings is 1. The zero-order valence-electron chi connectivity index (χ0n) is 17.9. The molecule has 1 saturated heterocycles. The van der Waals surface area contributed by atoms with Gasteiger partial charge in [-0.15, -0.1) is 10.2 Å². The molecule has 0 saturated carbocycles. The molecule has 1 aliphatic heterocycles. The van der Waals surface area contributed by atoms with E-state index in [4.69, 9.17) is 4.74 Å². The number of aromatic nitrogens is 5. The first-order chi connectivity index (χ1) is 15.3. The second kappa shape index (κ2) is 9.63. The van der Waals surface area contributed by atoms with Crippen molar-refractivity contribution in [2.45, 2.75) is 23.9 Å². The maximum absolute atomic E-state index is 12.8. The summed E-state index contributed by atoms with van der Waals surface area (Å²) >= 11 is 1.66. The zero-order chi connectivity index (χ0) is 22.7. The van der Waals surface area contributed by atoms with E-state index in [1.807, 2.05) is 24.7 Å². The van der Waals surface area contributed by atoms with Gasteiger partial charge in [-0.1, -0.05) is 23.9 Å². The Morgan fingerprint density at radius 1 is 1.12 bits per heavy atom. The van der Waals surface area contributed by atoms with Crippen LogP contribution in [0.5, 0.6) is 0 Å². The Bertz CT molecular complexity index is 1030. The number of alkyl halides is 3. The molecule has 0 aliphatic carbocycles. The highest BCUT2D eigenvalue weighted by Crippen LogP contribution is 2.31. The minimum atomic E-state index is -4.32. The first kappa shape index (κ1) is 22.8. The Hall–Kier alpha value is -2.37. The van der Waals surface area contributed by atoms with Crippen LogP contribution in [0, 0.1) is 0 Å². The Labute approximate surface area is 188 Å². The van der Waals surface area contributed by atoms with Gasteiger partial charge in [0.15, 0.2) is 11.0 Å². The second-order valence-corrected chi connectivity index (χ2v) is 8.75. The fraction of sp³-hybridized carbons (Fsp3) is 0.476. The van der Waals surface area contributed by atoms with Crippen LogP contribution in [-0.4, -0.2) is 61.4 Å². The monoisotopic (exact) mass is 466 g/mol. The first-order valence-corrected chi connectivity index (χ1v) is 11.3. The summed E-state index contributed by atoms with van der Waals surface area (Å²) in [5.41, 5.74) is 1.05. The lowest BCUT2D eigenvalue weighted by atomic mass is 10.1. The Morgan fingerprint density at radius 3 is 2.59 bits per heavy atom. The molecule has 32 heavy (non-hydrogen) atoms. The number of hydrogen-bond donors (Lipinski definition) is 0. The van der Waals surface area contributed by atoms with Crippen molar-refractivity contribution in [3.63, 3.8) is 0 Å². The van der Waals surface area contributed by atoms with E-state index in [2.05, 4.69) is 20.2 Å². The fourth-order valence-corrected chi connectivity index (χ4v) is 4.54. The largest absolute Gasteiger partial charge is 0.416 e. The number of halogens is 3. The van der Waals surface area contributed by atoms with Gasteiger partial charge >= 0.3 is 6.18 Å².